The van der Waals surface area contributed by atoms with Crippen molar-refractivity contribution in [3.8, 4) is 17.2 Å². The molecule has 269 valence electrons. The molecule has 3 aromatic carbocycles. The van der Waals surface area contributed by atoms with Gasteiger partial charge >= 0.3 is 16.8 Å². The van der Waals surface area contributed by atoms with E-state index in [1.165, 1.54) is 11.1 Å². The molecule has 2 unspecified atom stereocenters. The second-order valence-electron chi connectivity index (χ2n) is 12.4. The van der Waals surface area contributed by atoms with Crippen molar-refractivity contribution in [2.75, 3.05) is 7.11 Å². The molecular weight excluding hydrogens is 667 g/mol. The summed E-state index contributed by atoms with van der Waals surface area (Å²) >= 11 is 0. The molecule has 3 rings (SSSR count). The average Bonchev–Trinajstić information content (AvgIpc) is 3.02. The van der Waals surface area contributed by atoms with Crippen molar-refractivity contribution in [2.24, 2.45) is 9.98 Å². The van der Waals surface area contributed by atoms with Crippen molar-refractivity contribution in [1.29, 1.82) is 0 Å². The number of aliphatic carboxylic acids is 2. The number of hydrogen-bond donors (Lipinski definition) is 2. The minimum Gasteiger partial charge on any atom is -0.550 e. The molecule has 0 fully saturated rings. The summed E-state index contributed by atoms with van der Waals surface area (Å²) in [6.07, 6.45) is 5.45. The number of aromatic hydroxyl groups is 2. The number of rotatable bonds is 11. The largest absolute Gasteiger partial charge is 2.00 e. The molecule has 10 heteroatoms. The quantitative estimate of drug-likeness (QED) is 0.196. The molecule has 0 aliphatic carbocycles. The normalized spacial score (nSPS) is 12.1. The SMILES string of the molecule is CC(=O)[O-].CC(=O)[O-].CCC(C)c1cc(C=Nc2ccc(OC)cc2N=Cc2cc(C(C)CC)cc(C(C)C)c2O)c(O)c(C(C)C)c1.[Co+2]. The van der Waals surface area contributed by atoms with Crippen LogP contribution in [0.1, 0.15) is 139 Å². The number of nitrogens with zero attached hydrogens (tertiary/aromatic N) is 2. The average molecular weight is 720 g/mol. The van der Waals surface area contributed by atoms with Gasteiger partial charge in [0.1, 0.15) is 17.2 Å². The van der Waals surface area contributed by atoms with E-state index in [0.29, 0.717) is 40.1 Å². The fraction of sp³-hybridized carbons (Fsp3) is 0.436. The maximum Gasteiger partial charge on any atom is 2.00 e. The van der Waals surface area contributed by atoms with E-state index in [0.717, 1.165) is 37.8 Å². The molecule has 1 radical (unpaired) electrons. The molecule has 0 bridgehead atoms. The van der Waals surface area contributed by atoms with Gasteiger partial charge in [-0.2, -0.15) is 0 Å². The Morgan fingerprint density at radius 2 is 1.08 bits per heavy atom. The van der Waals surface area contributed by atoms with Gasteiger partial charge in [-0.1, -0.05) is 67.5 Å². The van der Waals surface area contributed by atoms with E-state index in [4.69, 9.17) is 34.5 Å². The number of phenols is 2. The number of methoxy groups -OCH3 is 1. The number of benzene rings is 3. The minimum atomic E-state index is -1.08. The van der Waals surface area contributed by atoms with E-state index in [1.807, 2.05) is 30.3 Å². The van der Waals surface area contributed by atoms with Crippen LogP contribution in [-0.4, -0.2) is 41.7 Å². The zero-order chi connectivity index (χ0) is 36.7. The molecule has 0 saturated heterocycles. The molecule has 0 aromatic heterocycles. The van der Waals surface area contributed by atoms with E-state index < -0.39 is 11.9 Å². The Balaban J connectivity index is 0.00000230. The number of ether oxygens (including phenoxy) is 1. The first-order valence-corrected chi connectivity index (χ1v) is 16.3. The smallest absolute Gasteiger partial charge is 0.550 e. The van der Waals surface area contributed by atoms with Gasteiger partial charge in [0.05, 0.1) is 18.5 Å². The maximum atomic E-state index is 11.1. The van der Waals surface area contributed by atoms with Crippen LogP contribution in [0.15, 0.2) is 52.4 Å². The molecule has 3 aromatic rings. The Morgan fingerprint density at radius 3 is 1.41 bits per heavy atom. The molecule has 49 heavy (non-hydrogen) atoms. The third kappa shape index (κ3) is 14.5. The van der Waals surface area contributed by atoms with Crippen LogP contribution < -0.4 is 14.9 Å². The number of carboxylic acids is 2. The van der Waals surface area contributed by atoms with Gasteiger partial charge in [0, 0.05) is 41.6 Å². The van der Waals surface area contributed by atoms with Crippen LogP contribution in [0.2, 0.25) is 0 Å². The summed E-state index contributed by atoms with van der Waals surface area (Å²) < 4.78 is 5.46. The molecule has 0 aliphatic heterocycles. The third-order valence-corrected chi connectivity index (χ3v) is 7.86. The van der Waals surface area contributed by atoms with Gasteiger partial charge in [-0.3, -0.25) is 9.98 Å². The fourth-order valence-corrected chi connectivity index (χ4v) is 4.65. The predicted molar refractivity (Wildman–Crippen MR) is 191 cm³/mol. The number of hydrogen-bond acceptors (Lipinski definition) is 9. The van der Waals surface area contributed by atoms with E-state index in [9.17, 15) is 10.2 Å². The molecule has 9 nitrogen and oxygen atoms in total. The summed E-state index contributed by atoms with van der Waals surface area (Å²) in [5.41, 5.74) is 6.83. The summed E-state index contributed by atoms with van der Waals surface area (Å²) in [4.78, 5) is 27.3. The predicted octanol–water partition coefficient (Wildman–Crippen LogP) is 7.39. The Hall–Kier alpha value is -4.15. The van der Waals surface area contributed by atoms with E-state index in [1.54, 1.807) is 19.5 Å². The molecule has 0 spiro atoms. The van der Waals surface area contributed by atoms with Crippen LogP contribution in [0.4, 0.5) is 11.4 Å². The summed E-state index contributed by atoms with van der Waals surface area (Å²) in [5.74, 6) is 0.131. The molecular formula is C39H52CoN2O7. The van der Waals surface area contributed by atoms with Gasteiger partial charge in [0.25, 0.3) is 0 Å². The maximum absolute atomic E-state index is 11.1. The van der Waals surface area contributed by atoms with Crippen molar-refractivity contribution in [3.63, 3.8) is 0 Å². The molecule has 0 aliphatic rings. The van der Waals surface area contributed by atoms with Crippen molar-refractivity contribution in [1.82, 2.24) is 0 Å². The number of aliphatic imine (C=N–C) groups is 2. The van der Waals surface area contributed by atoms with Gasteiger partial charge < -0.3 is 34.8 Å². The standard InChI is InChI=1S/C35H46N2O3.2C2H4O2.Co/c1-10-23(7)25-14-27(34(38)30(16-25)21(3)4)19-36-32-13-12-29(40-9)18-33(32)37-20-28-15-26(24(8)11-2)17-31(22(5)6)35(28)39;2*1-2(3)4;/h12-24,38-39H,10-11H2,1-9H3;2*1H3,(H,3,4);/q;;;+2/p-2. The first-order chi connectivity index (χ1) is 22.5. The molecule has 0 amide bonds. The Labute approximate surface area is 302 Å². The van der Waals surface area contributed by atoms with Crippen LogP contribution in [0, 0.1) is 0 Å². The van der Waals surface area contributed by atoms with Crippen LogP contribution in [0.3, 0.4) is 0 Å². The van der Waals surface area contributed by atoms with E-state index in [2.05, 4.69) is 67.5 Å². The minimum absolute atomic E-state index is 0. The first kappa shape index (κ1) is 44.8. The number of phenolic OH excluding ortho intramolecular Hbond substituents is 2. The second-order valence-corrected chi connectivity index (χ2v) is 12.4. The Morgan fingerprint density at radius 1 is 0.714 bits per heavy atom. The van der Waals surface area contributed by atoms with Crippen molar-refractivity contribution in [3.05, 3.63) is 75.8 Å². The Kier molecular flexibility index (Phi) is 19.9. The topological polar surface area (TPSA) is 155 Å². The van der Waals surface area contributed by atoms with Gasteiger partial charge in [-0.05, 0) is 96.9 Å². The van der Waals surface area contributed by atoms with Gasteiger partial charge in [-0.15, -0.1) is 0 Å². The zero-order valence-electron chi connectivity index (χ0n) is 30.6. The van der Waals surface area contributed by atoms with Crippen molar-refractivity contribution >= 4 is 35.7 Å². The number of carbonyl (C=O) groups excluding carboxylic acids is 2. The molecule has 0 heterocycles. The summed E-state index contributed by atoms with van der Waals surface area (Å²) in [5, 5.41) is 39.9. The van der Waals surface area contributed by atoms with Crippen molar-refractivity contribution < 1.29 is 51.5 Å². The number of carboxylic acid groups (broad SMARTS) is 2. The van der Waals surface area contributed by atoms with Crippen LogP contribution in [-0.2, 0) is 26.4 Å². The number of carbonyl (C=O) groups is 2. The first-order valence-electron chi connectivity index (χ1n) is 16.3. The van der Waals surface area contributed by atoms with Crippen LogP contribution in [0.25, 0.3) is 0 Å². The zero-order valence-corrected chi connectivity index (χ0v) is 31.6. The van der Waals surface area contributed by atoms with E-state index in [-0.39, 0.29) is 40.1 Å². The summed E-state index contributed by atoms with van der Waals surface area (Å²) in [7, 11) is 1.62. The molecule has 2 atom stereocenters. The Bertz CT molecular complexity index is 1560. The van der Waals surface area contributed by atoms with Gasteiger partial charge in [0.15, 0.2) is 0 Å². The molecule has 0 saturated carbocycles. The fourth-order valence-electron chi connectivity index (χ4n) is 4.65. The van der Waals surface area contributed by atoms with Crippen molar-refractivity contribution in [2.45, 2.75) is 106 Å². The third-order valence-electron chi connectivity index (χ3n) is 7.86. The monoisotopic (exact) mass is 719 g/mol. The van der Waals surface area contributed by atoms with E-state index >= 15 is 0 Å². The summed E-state index contributed by atoms with van der Waals surface area (Å²) in [6.45, 7) is 19.0. The van der Waals surface area contributed by atoms with Gasteiger partial charge in [-0.25, -0.2) is 0 Å². The van der Waals surface area contributed by atoms with Crippen LogP contribution in [0.5, 0.6) is 17.2 Å². The molecule has 2 N–H and O–H groups in total. The second kappa shape index (κ2) is 21.7. The summed E-state index contributed by atoms with van der Waals surface area (Å²) in [6, 6.07) is 13.8. The van der Waals surface area contributed by atoms with Gasteiger partial charge in [0.2, 0.25) is 0 Å². The van der Waals surface area contributed by atoms with Crippen LogP contribution >= 0.6 is 0 Å².